The predicted octanol–water partition coefficient (Wildman–Crippen LogP) is 4.22. The maximum Gasteiger partial charge on any atom is 0.323 e. The summed E-state index contributed by atoms with van der Waals surface area (Å²) in [6.07, 6.45) is 5.14. The molecule has 0 aromatic carbocycles. The molecule has 2 N–H and O–H groups in total. The van der Waals surface area contributed by atoms with Gasteiger partial charge in [0.05, 0.1) is 17.6 Å². The van der Waals surface area contributed by atoms with Gasteiger partial charge in [0.1, 0.15) is 0 Å². The third-order valence-corrected chi connectivity index (χ3v) is 7.74. The van der Waals surface area contributed by atoms with Crippen molar-refractivity contribution in [3.05, 3.63) is 50.3 Å². The van der Waals surface area contributed by atoms with Crippen LogP contribution in [0.2, 0.25) is 0 Å². The Morgan fingerprint density at radius 1 is 1.33 bits per heavy atom. The Morgan fingerprint density at radius 2 is 2.17 bits per heavy atom. The summed E-state index contributed by atoms with van der Waals surface area (Å²) in [5, 5.41) is 2.03. The average Bonchev–Trinajstić information content (AvgIpc) is 3.40. The Balaban J connectivity index is 1.52. The van der Waals surface area contributed by atoms with Crippen molar-refractivity contribution in [2.75, 3.05) is 26.3 Å². The molecular formula is C23H32N4O2S. The first kappa shape index (κ1) is 21.3. The molecule has 1 saturated heterocycles. The molecule has 4 rings (SSSR count). The van der Waals surface area contributed by atoms with E-state index in [2.05, 4.69) is 52.8 Å². The van der Waals surface area contributed by atoms with Crippen LogP contribution < -0.4 is 5.69 Å². The van der Waals surface area contributed by atoms with E-state index < -0.39 is 0 Å². The Kier molecular flexibility index (Phi) is 5.88. The van der Waals surface area contributed by atoms with Crippen LogP contribution in [0.3, 0.4) is 0 Å². The van der Waals surface area contributed by atoms with E-state index in [9.17, 15) is 4.79 Å². The van der Waals surface area contributed by atoms with Crippen LogP contribution in [0.25, 0.3) is 11.0 Å². The summed E-state index contributed by atoms with van der Waals surface area (Å²) < 4.78 is 5.97. The van der Waals surface area contributed by atoms with Crippen LogP contribution in [-0.2, 0) is 16.7 Å². The Morgan fingerprint density at radius 3 is 2.90 bits per heavy atom. The molecule has 1 fully saturated rings. The number of likely N-dealkylation sites (tertiary alicyclic amines) is 1. The van der Waals surface area contributed by atoms with Gasteiger partial charge in [-0.3, -0.25) is 9.88 Å². The monoisotopic (exact) mass is 428 g/mol. The van der Waals surface area contributed by atoms with Crippen molar-refractivity contribution in [1.82, 2.24) is 19.9 Å². The minimum atomic E-state index is -0.126. The number of nitrogens with zero attached hydrogens (tertiary/aromatic N) is 2. The number of imidazole rings is 1. The summed E-state index contributed by atoms with van der Waals surface area (Å²) >= 11 is 1.72. The fourth-order valence-corrected chi connectivity index (χ4v) is 5.53. The standard InChI is InChI=1S/C23H32N4O2S/c1-5-29-15-23(9-8-19-20-18(13-30-19)25-21(28)26-20)10-11-27(14-23)22(3,4)17-7-6-16(2)24-12-17/h6-7,12-13H,5,8-11,14-15H2,1-4H3,(H2,25,26,28)/t23-/m0/s1. The van der Waals surface area contributed by atoms with Crippen LogP contribution in [0.1, 0.15) is 49.7 Å². The number of aromatic nitrogens is 3. The van der Waals surface area contributed by atoms with Gasteiger partial charge in [-0.1, -0.05) is 6.07 Å². The van der Waals surface area contributed by atoms with Crippen LogP contribution in [0, 0.1) is 12.3 Å². The third-order valence-electron chi connectivity index (χ3n) is 6.70. The maximum atomic E-state index is 11.6. The van der Waals surface area contributed by atoms with E-state index in [0.29, 0.717) is 0 Å². The first-order valence-corrected chi connectivity index (χ1v) is 11.7. The highest BCUT2D eigenvalue weighted by atomic mass is 32.1. The molecule has 162 valence electrons. The fourth-order valence-electron chi connectivity index (χ4n) is 4.59. The molecule has 1 aliphatic rings. The Hall–Kier alpha value is -1.96. The lowest BCUT2D eigenvalue weighted by Gasteiger charge is -2.38. The topological polar surface area (TPSA) is 74.0 Å². The molecule has 3 aromatic rings. The molecule has 1 aliphatic heterocycles. The zero-order valence-electron chi connectivity index (χ0n) is 18.4. The second-order valence-electron chi connectivity index (χ2n) is 9.08. The number of H-pyrrole nitrogens is 2. The molecule has 0 saturated carbocycles. The van der Waals surface area contributed by atoms with E-state index in [-0.39, 0.29) is 16.6 Å². The van der Waals surface area contributed by atoms with Gasteiger partial charge in [-0.15, -0.1) is 11.3 Å². The van der Waals surface area contributed by atoms with E-state index in [1.165, 1.54) is 10.4 Å². The third kappa shape index (κ3) is 4.11. The molecule has 0 bridgehead atoms. The molecule has 7 heteroatoms. The summed E-state index contributed by atoms with van der Waals surface area (Å²) in [6, 6.07) is 4.30. The lowest BCUT2D eigenvalue weighted by molar-refractivity contribution is 0.0386. The smallest absolute Gasteiger partial charge is 0.323 e. The number of thiophene rings is 1. The highest BCUT2D eigenvalue weighted by Gasteiger charge is 2.43. The number of hydrogen-bond donors (Lipinski definition) is 2. The van der Waals surface area contributed by atoms with Crippen molar-refractivity contribution in [3.8, 4) is 0 Å². The predicted molar refractivity (Wildman–Crippen MR) is 122 cm³/mol. The first-order valence-electron chi connectivity index (χ1n) is 10.8. The molecule has 0 radical (unpaired) electrons. The summed E-state index contributed by atoms with van der Waals surface area (Å²) in [5.41, 5.74) is 4.11. The SMILES string of the molecule is CCOC[C@@]1(CCc2scc3[nH]c(=O)[nH]c23)CCN(C(C)(C)c2ccc(C)nc2)C1. The van der Waals surface area contributed by atoms with Gasteiger partial charge in [0.2, 0.25) is 0 Å². The van der Waals surface area contributed by atoms with Gasteiger partial charge in [0.15, 0.2) is 0 Å². The van der Waals surface area contributed by atoms with Crippen molar-refractivity contribution in [2.45, 2.75) is 52.5 Å². The minimum absolute atomic E-state index is 0.0727. The summed E-state index contributed by atoms with van der Waals surface area (Å²) in [6.45, 7) is 12.3. The Bertz CT molecular complexity index is 1050. The number of fused-ring (bicyclic) bond motifs is 1. The van der Waals surface area contributed by atoms with Crippen molar-refractivity contribution in [1.29, 1.82) is 0 Å². The van der Waals surface area contributed by atoms with Gasteiger partial charge < -0.3 is 14.7 Å². The number of pyridine rings is 1. The van der Waals surface area contributed by atoms with Gasteiger partial charge in [0, 0.05) is 46.3 Å². The highest BCUT2D eigenvalue weighted by molar-refractivity contribution is 7.11. The molecule has 6 nitrogen and oxygen atoms in total. The largest absolute Gasteiger partial charge is 0.381 e. The lowest BCUT2D eigenvalue weighted by atomic mass is 9.82. The van der Waals surface area contributed by atoms with Gasteiger partial charge in [-0.25, -0.2) is 4.79 Å². The zero-order valence-corrected chi connectivity index (χ0v) is 19.2. The molecule has 4 heterocycles. The summed E-state index contributed by atoms with van der Waals surface area (Å²) in [4.78, 5) is 25.8. The number of rotatable bonds is 8. The van der Waals surface area contributed by atoms with Crippen LogP contribution >= 0.6 is 11.3 Å². The van der Waals surface area contributed by atoms with Gasteiger partial charge >= 0.3 is 5.69 Å². The highest BCUT2D eigenvalue weighted by Crippen LogP contribution is 2.42. The van der Waals surface area contributed by atoms with Crippen molar-refractivity contribution in [2.24, 2.45) is 5.41 Å². The van der Waals surface area contributed by atoms with E-state index >= 15 is 0 Å². The van der Waals surface area contributed by atoms with Crippen molar-refractivity contribution in [3.63, 3.8) is 0 Å². The lowest BCUT2D eigenvalue weighted by Crippen LogP contribution is -2.42. The van der Waals surface area contributed by atoms with Crippen LogP contribution in [0.5, 0.6) is 0 Å². The zero-order chi connectivity index (χ0) is 21.4. The number of nitrogens with one attached hydrogen (secondary N) is 2. The van der Waals surface area contributed by atoms with E-state index in [1.807, 2.05) is 18.5 Å². The first-order chi connectivity index (χ1) is 14.3. The van der Waals surface area contributed by atoms with Crippen LogP contribution in [-0.4, -0.2) is 46.2 Å². The molecule has 30 heavy (non-hydrogen) atoms. The van der Waals surface area contributed by atoms with E-state index in [0.717, 1.165) is 62.3 Å². The minimum Gasteiger partial charge on any atom is -0.381 e. The van der Waals surface area contributed by atoms with Crippen molar-refractivity contribution >= 4 is 22.4 Å². The van der Waals surface area contributed by atoms with Gasteiger partial charge in [0.25, 0.3) is 0 Å². The number of ether oxygens (including phenoxy) is 1. The normalized spacial score (nSPS) is 20.4. The number of hydrogen-bond acceptors (Lipinski definition) is 5. The van der Waals surface area contributed by atoms with Gasteiger partial charge in [-0.05, 0) is 65.1 Å². The van der Waals surface area contributed by atoms with Crippen molar-refractivity contribution < 1.29 is 4.74 Å². The molecule has 0 amide bonds. The average molecular weight is 429 g/mol. The molecule has 0 unspecified atom stereocenters. The number of aryl methyl sites for hydroxylation is 2. The van der Waals surface area contributed by atoms with E-state index in [4.69, 9.17) is 4.74 Å². The molecule has 3 aromatic heterocycles. The Labute approximate surface area is 181 Å². The second-order valence-corrected chi connectivity index (χ2v) is 10.0. The van der Waals surface area contributed by atoms with Crippen LogP contribution in [0.4, 0.5) is 0 Å². The molecule has 1 atom stereocenters. The number of aromatic amines is 2. The van der Waals surface area contributed by atoms with Crippen LogP contribution in [0.15, 0.2) is 28.5 Å². The molecule has 0 spiro atoms. The quantitative estimate of drug-likeness (QED) is 0.563. The summed E-state index contributed by atoms with van der Waals surface area (Å²) in [5.74, 6) is 0. The molecular weight excluding hydrogens is 396 g/mol. The maximum absolute atomic E-state index is 11.6. The fraction of sp³-hybridized carbons (Fsp3) is 0.565. The molecule has 0 aliphatic carbocycles. The summed E-state index contributed by atoms with van der Waals surface area (Å²) in [7, 11) is 0. The van der Waals surface area contributed by atoms with E-state index in [1.54, 1.807) is 11.3 Å². The van der Waals surface area contributed by atoms with Gasteiger partial charge in [-0.2, -0.15) is 0 Å². The second kappa shape index (κ2) is 8.29.